The second kappa shape index (κ2) is 14.8. The molecule has 0 unspecified atom stereocenters. The number of carbonyl (C=O) groups is 2. The van der Waals surface area contributed by atoms with Gasteiger partial charge in [-0.1, -0.05) is 43.6 Å². The first kappa shape index (κ1) is 36.0. The Morgan fingerprint density at radius 1 is 1.02 bits per heavy atom. The van der Waals surface area contributed by atoms with Gasteiger partial charge in [-0.15, -0.1) is 0 Å². The van der Waals surface area contributed by atoms with E-state index in [0.717, 1.165) is 75.2 Å². The molecule has 3 aliphatic heterocycles. The number of hydrogen-bond donors (Lipinski definition) is 0. The molecule has 268 valence electrons. The minimum absolute atomic E-state index is 0.0610. The van der Waals surface area contributed by atoms with Crippen molar-refractivity contribution < 1.29 is 23.8 Å². The van der Waals surface area contributed by atoms with Gasteiger partial charge in [-0.25, -0.2) is 14.8 Å². The molecule has 3 aliphatic rings. The molecule has 3 aromatic rings. The maximum Gasteiger partial charge on any atom is 0.340 e. The van der Waals surface area contributed by atoms with Gasteiger partial charge < -0.3 is 28.9 Å². The van der Waals surface area contributed by atoms with Crippen LogP contribution in [0.4, 0.5) is 17.5 Å². The maximum absolute atomic E-state index is 13.6. The molecule has 6 rings (SSSR count). The summed E-state index contributed by atoms with van der Waals surface area (Å²) < 4.78 is 17.5. The lowest BCUT2D eigenvalue weighted by Crippen LogP contribution is -2.39. The predicted octanol–water partition coefficient (Wildman–Crippen LogP) is 6.45. The molecule has 0 saturated carbocycles. The van der Waals surface area contributed by atoms with Crippen LogP contribution in [0.15, 0.2) is 30.5 Å². The molecule has 12 heteroatoms. The summed E-state index contributed by atoms with van der Waals surface area (Å²) in [5.74, 6) is 1.08. The van der Waals surface area contributed by atoms with Gasteiger partial charge in [0.05, 0.1) is 36.7 Å². The molecule has 0 bridgehead atoms. The molecular weight excluding hydrogens is 656 g/mol. The van der Waals surface area contributed by atoms with Crippen LogP contribution in [0.1, 0.15) is 87.7 Å². The Hall–Kier alpha value is -3.80. The van der Waals surface area contributed by atoms with Gasteiger partial charge in [-0.05, 0) is 75.1 Å². The minimum Gasteiger partial charge on any atom is -0.464 e. The van der Waals surface area contributed by atoms with E-state index >= 15 is 0 Å². The third-order valence-electron chi connectivity index (χ3n) is 9.72. The number of rotatable bonds is 9. The van der Waals surface area contributed by atoms with Crippen molar-refractivity contribution in [2.24, 2.45) is 5.41 Å². The van der Waals surface area contributed by atoms with Crippen LogP contribution in [0, 0.1) is 5.41 Å². The van der Waals surface area contributed by atoms with Crippen molar-refractivity contribution in [3.8, 4) is 11.1 Å². The average Bonchev–Trinajstić information content (AvgIpc) is 3.10. The number of halogens is 1. The quantitative estimate of drug-likeness (QED) is 0.139. The fourth-order valence-electron chi connectivity index (χ4n) is 6.98. The molecule has 0 spiro atoms. The maximum atomic E-state index is 13.6. The van der Waals surface area contributed by atoms with Crippen molar-refractivity contribution in [2.45, 2.75) is 79.1 Å². The Labute approximate surface area is 300 Å². The highest BCUT2D eigenvalue weighted by Gasteiger charge is 2.38. The topological polar surface area (TPSA) is 110 Å². The molecule has 5 heterocycles. The Bertz CT molecular complexity index is 1710. The fourth-order valence-corrected chi connectivity index (χ4v) is 7.26. The molecular formula is C38H49ClN6O5. The number of fused-ring (bicyclic) bond motifs is 1. The van der Waals surface area contributed by atoms with E-state index in [1.165, 1.54) is 5.56 Å². The molecule has 2 saturated heterocycles. The summed E-state index contributed by atoms with van der Waals surface area (Å²) in [5, 5.41) is 0.0610. The van der Waals surface area contributed by atoms with Crippen LogP contribution in [-0.4, -0.2) is 85.4 Å². The number of benzene rings is 1. The molecule has 11 nitrogen and oxygen atoms in total. The van der Waals surface area contributed by atoms with Gasteiger partial charge in [-0.2, -0.15) is 4.98 Å². The summed E-state index contributed by atoms with van der Waals surface area (Å²) in [6, 6.07) is 8.26. The summed E-state index contributed by atoms with van der Waals surface area (Å²) in [6.45, 7) is 18.0. The predicted molar refractivity (Wildman–Crippen MR) is 195 cm³/mol. The summed E-state index contributed by atoms with van der Waals surface area (Å²) in [4.78, 5) is 47.2. The number of anilines is 3. The highest BCUT2D eigenvalue weighted by molar-refractivity contribution is 6.31. The smallest absolute Gasteiger partial charge is 0.340 e. The summed E-state index contributed by atoms with van der Waals surface area (Å²) in [6.07, 6.45) is 4.08. The first-order chi connectivity index (χ1) is 23.9. The van der Waals surface area contributed by atoms with Crippen molar-refractivity contribution in [3.05, 3.63) is 58.0 Å². The monoisotopic (exact) mass is 704 g/mol. The summed E-state index contributed by atoms with van der Waals surface area (Å²) >= 11 is 6.96. The van der Waals surface area contributed by atoms with Crippen LogP contribution in [0.25, 0.3) is 11.1 Å². The number of hydrogen-bond acceptors (Lipinski definition) is 11. The first-order valence-electron chi connectivity index (χ1n) is 17.7. The van der Waals surface area contributed by atoms with Gasteiger partial charge in [0.2, 0.25) is 5.95 Å². The molecule has 2 fully saturated rings. The number of ether oxygens (including phenoxy) is 3. The number of morpholine rings is 1. The molecule has 0 radical (unpaired) electrons. The standard InChI is InChI=1S/C38H49ClN6O5/c1-7-49-35(47)33(50-37(2,3)4)31-32(44-16-12-38(5,6)13-17-44)30(28(24-46)41-34(31)39)26-8-9-27-23-45(15-11-25(27)22-26)36-40-14-10-29(42-36)43-18-20-48-21-19-43/h8-10,14,22,24,33H,7,11-13,15-21,23H2,1-6H3/t33-/m0/s1. The third-order valence-corrected chi connectivity index (χ3v) is 10.0. The van der Waals surface area contributed by atoms with Crippen molar-refractivity contribution in [1.29, 1.82) is 0 Å². The first-order valence-corrected chi connectivity index (χ1v) is 18.1. The average molecular weight is 705 g/mol. The van der Waals surface area contributed by atoms with E-state index in [-0.39, 0.29) is 22.9 Å². The zero-order valence-corrected chi connectivity index (χ0v) is 30.9. The van der Waals surface area contributed by atoms with Gasteiger partial charge in [-0.3, -0.25) is 4.79 Å². The van der Waals surface area contributed by atoms with Gasteiger partial charge in [0.15, 0.2) is 12.4 Å². The normalized spacial score (nSPS) is 18.4. The van der Waals surface area contributed by atoms with Gasteiger partial charge in [0, 0.05) is 51.0 Å². The number of carbonyl (C=O) groups excluding carboxylic acids is 2. The molecule has 0 N–H and O–H groups in total. The van der Waals surface area contributed by atoms with Crippen molar-refractivity contribution in [2.75, 3.05) is 67.2 Å². The van der Waals surface area contributed by atoms with Crippen LogP contribution in [0.5, 0.6) is 0 Å². The summed E-state index contributed by atoms with van der Waals surface area (Å²) in [5.41, 5.74) is 4.65. The lowest BCUT2D eigenvalue weighted by molar-refractivity contribution is -0.166. The van der Waals surface area contributed by atoms with Crippen LogP contribution < -0.4 is 14.7 Å². The number of piperidine rings is 1. The van der Waals surface area contributed by atoms with Crippen LogP contribution >= 0.6 is 11.6 Å². The molecule has 2 aromatic heterocycles. The van der Waals surface area contributed by atoms with E-state index in [9.17, 15) is 9.59 Å². The SMILES string of the molecule is CCOC(=O)[C@@H](OC(C)(C)C)c1c(Cl)nc(C=O)c(-c2ccc3c(c2)CCN(c2nccc(N4CCOCC4)n2)C3)c1N1CCC(C)(C)CC1. The fraction of sp³-hybridized carbons (Fsp3) is 0.553. The van der Waals surface area contributed by atoms with Crippen molar-refractivity contribution in [1.82, 2.24) is 15.0 Å². The van der Waals surface area contributed by atoms with E-state index in [1.54, 1.807) is 6.92 Å². The van der Waals surface area contributed by atoms with Crippen LogP contribution in [-0.2, 0) is 32.0 Å². The lowest BCUT2D eigenvalue weighted by atomic mass is 9.82. The molecule has 1 atom stereocenters. The zero-order chi connectivity index (χ0) is 35.6. The number of pyridine rings is 1. The highest BCUT2D eigenvalue weighted by atomic mass is 35.5. The Morgan fingerprint density at radius 2 is 1.76 bits per heavy atom. The largest absolute Gasteiger partial charge is 0.464 e. The third kappa shape index (κ3) is 7.90. The van der Waals surface area contributed by atoms with Crippen LogP contribution in [0.3, 0.4) is 0 Å². The molecule has 50 heavy (non-hydrogen) atoms. The van der Waals surface area contributed by atoms with Gasteiger partial charge >= 0.3 is 5.97 Å². The van der Waals surface area contributed by atoms with Gasteiger partial charge in [0.25, 0.3) is 0 Å². The van der Waals surface area contributed by atoms with Crippen molar-refractivity contribution in [3.63, 3.8) is 0 Å². The molecule has 1 aromatic carbocycles. The zero-order valence-electron chi connectivity index (χ0n) is 30.1. The Kier molecular flexibility index (Phi) is 10.7. The molecule has 0 amide bonds. The number of nitrogens with zero attached hydrogens (tertiary/aromatic N) is 6. The van der Waals surface area contributed by atoms with Crippen LogP contribution in [0.2, 0.25) is 5.15 Å². The second-order valence-corrected chi connectivity index (χ2v) is 15.4. The number of aldehydes is 1. The van der Waals surface area contributed by atoms with E-state index in [2.05, 4.69) is 50.6 Å². The number of aromatic nitrogens is 3. The Balaban J connectivity index is 1.41. The molecule has 0 aliphatic carbocycles. The van der Waals surface area contributed by atoms with Crippen molar-refractivity contribution >= 4 is 41.3 Å². The van der Waals surface area contributed by atoms with E-state index in [0.29, 0.717) is 42.5 Å². The van der Waals surface area contributed by atoms with E-state index in [4.69, 9.17) is 30.8 Å². The Morgan fingerprint density at radius 3 is 2.44 bits per heavy atom. The summed E-state index contributed by atoms with van der Waals surface area (Å²) in [7, 11) is 0. The van der Waals surface area contributed by atoms with E-state index < -0.39 is 17.7 Å². The number of esters is 1. The highest BCUT2D eigenvalue weighted by Crippen LogP contribution is 2.46. The van der Waals surface area contributed by atoms with E-state index in [1.807, 2.05) is 39.1 Å². The minimum atomic E-state index is -1.14. The second-order valence-electron chi connectivity index (χ2n) is 15.0. The van der Waals surface area contributed by atoms with Gasteiger partial charge in [0.1, 0.15) is 16.7 Å². The lowest BCUT2D eigenvalue weighted by Gasteiger charge is -2.41.